The maximum atomic E-state index is 12.9. The molecule has 2 amide bonds. The number of carbonyl (C=O) groups excluding carboxylic acids is 2. The molecule has 0 fully saturated rings. The van der Waals surface area contributed by atoms with Gasteiger partial charge in [0.15, 0.2) is 0 Å². The first-order valence-electron chi connectivity index (χ1n) is 8.05. The topological polar surface area (TPSA) is 61.8 Å². The molecule has 5 nitrogen and oxygen atoms in total. The van der Waals surface area contributed by atoms with Crippen LogP contribution >= 0.6 is 11.8 Å². The summed E-state index contributed by atoms with van der Waals surface area (Å²) >= 11 is 1.29. The van der Waals surface area contributed by atoms with Crippen LogP contribution in [-0.2, 0) is 9.59 Å². The molecule has 26 heavy (non-hydrogen) atoms. The van der Waals surface area contributed by atoms with Gasteiger partial charge >= 0.3 is 0 Å². The lowest BCUT2D eigenvalue weighted by atomic mass is 10.2. The summed E-state index contributed by atoms with van der Waals surface area (Å²) in [5.41, 5.74) is 2.40. The third kappa shape index (κ3) is 4.29. The zero-order valence-electron chi connectivity index (χ0n) is 14.4. The van der Waals surface area contributed by atoms with Gasteiger partial charge in [0.2, 0.25) is 5.91 Å². The lowest BCUT2D eigenvalue weighted by Gasteiger charge is -2.12. The normalized spacial score (nSPS) is 16.3. The van der Waals surface area contributed by atoms with E-state index >= 15 is 0 Å². The van der Waals surface area contributed by atoms with Crippen molar-refractivity contribution in [2.75, 3.05) is 24.3 Å². The van der Waals surface area contributed by atoms with Crippen molar-refractivity contribution in [1.29, 1.82) is 0 Å². The molecule has 1 aliphatic heterocycles. The fraction of sp³-hybridized carbons (Fsp3) is 0.211. The molecule has 2 aromatic rings. The zero-order chi connectivity index (χ0) is 18.7. The van der Waals surface area contributed by atoms with Crippen LogP contribution in [-0.4, -0.2) is 36.2 Å². The monoisotopic (exact) mass is 371 g/mol. The van der Waals surface area contributed by atoms with Crippen LogP contribution in [0.4, 0.5) is 15.8 Å². The summed E-state index contributed by atoms with van der Waals surface area (Å²) in [5.74, 6) is -0.986. The van der Waals surface area contributed by atoms with Crippen LogP contribution in [0, 0.1) is 5.82 Å². The quantitative estimate of drug-likeness (QED) is 0.876. The summed E-state index contributed by atoms with van der Waals surface area (Å²) in [6, 6.07) is 13.2. The van der Waals surface area contributed by atoms with E-state index in [1.165, 1.54) is 36.0 Å². The predicted octanol–water partition coefficient (Wildman–Crippen LogP) is 3.31. The molecule has 3 rings (SSSR count). The number of carbonyl (C=O) groups is 2. The number of halogens is 1. The van der Waals surface area contributed by atoms with Gasteiger partial charge in [0, 0.05) is 37.5 Å². The third-order valence-corrected chi connectivity index (χ3v) is 5.07. The van der Waals surface area contributed by atoms with Crippen molar-refractivity contribution in [3.05, 3.63) is 59.9 Å². The van der Waals surface area contributed by atoms with Gasteiger partial charge in [-0.15, -0.1) is 0 Å². The second-order valence-corrected chi connectivity index (χ2v) is 7.25. The molecule has 7 heteroatoms. The molecule has 1 N–H and O–H groups in total. The molecule has 2 aromatic carbocycles. The van der Waals surface area contributed by atoms with Crippen LogP contribution < -0.4 is 10.2 Å². The number of benzene rings is 2. The SMILES string of the molecule is CN(C)c1ccc(C2=NC(=O)[C@@H](CC(=O)Nc3ccc(F)cc3)S2)cc1. The first-order chi connectivity index (χ1) is 12.4. The Balaban J connectivity index is 1.60. The highest BCUT2D eigenvalue weighted by Crippen LogP contribution is 2.30. The van der Waals surface area contributed by atoms with Gasteiger partial charge in [0.05, 0.1) is 0 Å². The Labute approximate surface area is 155 Å². The van der Waals surface area contributed by atoms with Crippen molar-refractivity contribution < 1.29 is 14.0 Å². The molecule has 0 unspecified atom stereocenters. The van der Waals surface area contributed by atoms with Gasteiger partial charge in [-0.1, -0.05) is 23.9 Å². The zero-order valence-corrected chi connectivity index (χ0v) is 15.2. The lowest BCUT2D eigenvalue weighted by Crippen LogP contribution is -2.21. The largest absolute Gasteiger partial charge is 0.378 e. The molecule has 0 saturated carbocycles. The number of rotatable bonds is 5. The third-order valence-electron chi connectivity index (χ3n) is 3.87. The smallest absolute Gasteiger partial charge is 0.260 e. The van der Waals surface area contributed by atoms with Crippen molar-refractivity contribution in [2.24, 2.45) is 4.99 Å². The number of aliphatic imine (C=N–C) groups is 1. The predicted molar refractivity (Wildman–Crippen MR) is 103 cm³/mol. The molecule has 0 aromatic heterocycles. The average molecular weight is 371 g/mol. The van der Waals surface area contributed by atoms with Crippen molar-refractivity contribution in [3.63, 3.8) is 0 Å². The van der Waals surface area contributed by atoms with Crippen molar-refractivity contribution in [1.82, 2.24) is 0 Å². The Kier molecular flexibility index (Phi) is 5.37. The van der Waals surface area contributed by atoms with E-state index in [0.717, 1.165) is 11.3 Å². The number of amides is 2. The number of anilines is 2. The fourth-order valence-electron chi connectivity index (χ4n) is 2.46. The Hall–Kier alpha value is -2.67. The first kappa shape index (κ1) is 18.1. The Morgan fingerprint density at radius 1 is 1.15 bits per heavy atom. The second kappa shape index (κ2) is 7.70. The highest BCUT2D eigenvalue weighted by Gasteiger charge is 2.31. The fourth-order valence-corrected chi connectivity index (χ4v) is 3.53. The second-order valence-electron chi connectivity index (χ2n) is 6.06. The summed E-state index contributed by atoms with van der Waals surface area (Å²) in [5, 5.41) is 2.75. The van der Waals surface area contributed by atoms with Gasteiger partial charge in [-0.05, 0) is 36.4 Å². The number of hydrogen-bond donors (Lipinski definition) is 1. The number of nitrogens with one attached hydrogen (secondary N) is 1. The highest BCUT2D eigenvalue weighted by molar-refractivity contribution is 8.16. The molecular formula is C19H18FN3O2S. The van der Waals surface area contributed by atoms with Gasteiger partial charge in [-0.25, -0.2) is 9.38 Å². The van der Waals surface area contributed by atoms with Crippen LogP contribution in [0.2, 0.25) is 0 Å². The summed E-state index contributed by atoms with van der Waals surface area (Å²) < 4.78 is 12.9. The Morgan fingerprint density at radius 3 is 2.42 bits per heavy atom. The molecule has 0 bridgehead atoms. The Bertz CT molecular complexity index is 848. The van der Waals surface area contributed by atoms with E-state index in [-0.39, 0.29) is 24.1 Å². The molecule has 0 saturated heterocycles. The molecule has 134 valence electrons. The number of thioether (sulfide) groups is 1. The Morgan fingerprint density at radius 2 is 1.81 bits per heavy atom. The first-order valence-corrected chi connectivity index (χ1v) is 8.93. The average Bonchev–Trinajstić information content (AvgIpc) is 2.97. The van der Waals surface area contributed by atoms with Gasteiger partial charge in [-0.2, -0.15) is 0 Å². The molecule has 0 spiro atoms. The van der Waals surface area contributed by atoms with E-state index in [0.29, 0.717) is 10.7 Å². The summed E-state index contributed by atoms with van der Waals surface area (Å²) in [6.07, 6.45) is 0.0175. The van der Waals surface area contributed by atoms with Crippen molar-refractivity contribution in [2.45, 2.75) is 11.7 Å². The minimum Gasteiger partial charge on any atom is -0.378 e. The molecular weight excluding hydrogens is 353 g/mol. The highest BCUT2D eigenvalue weighted by atomic mass is 32.2. The van der Waals surface area contributed by atoms with Gasteiger partial charge in [0.1, 0.15) is 16.1 Å². The standard InChI is InChI=1S/C19H18FN3O2S/c1-23(2)15-9-3-12(4-10-15)19-22-18(25)16(26-19)11-17(24)21-14-7-5-13(20)6-8-14/h3-10,16H,11H2,1-2H3,(H,21,24)/t16-/m1/s1. The van der Waals surface area contributed by atoms with E-state index in [9.17, 15) is 14.0 Å². The van der Waals surface area contributed by atoms with E-state index in [4.69, 9.17) is 0 Å². The summed E-state index contributed by atoms with van der Waals surface area (Å²) in [6.45, 7) is 0. The van der Waals surface area contributed by atoms with E-state index < -0.39 is 5.25 Å². The van der Waals surface area contributed by atoms with E-state index in [2.05, 4.69) is 10.3 Å². The molecule has 1 atom stereocenters. The van der Waals surface area contributed by atoms with Crippen molar-refractivity contribution >= 4 is 40.0 Å². The van der Waals surface area contributed by atoms with Crippen molar-refractivity contribution in [3.8, 4) is 0 Å². The van der Waals surface area contributed by atoms with Crippen LogP contribution in [0.25, 0.3) is 0 Å². The van der Waals surface area contributed by atoms with Gasteiger partial charge in [0.25, 0.3) is 5.91 Å². The molecule has 1 aliphatic rings. The van der Waals surface area contributed by atoms with E-state index in [1.54, 1.807) is 0 Å². The van der Waals surface area contributed by atoms with Gasteiger partial charge in [-0.3, -0.25) is 9.59 Å². The van der Waals surface area contributed by atoms with Crippen LogP contribution in [0.3, 0.4) is 0 Å². The van der Waals surface area contributed by atoms with Crippen LogP contribution in [0.1, 0.15) is 12.0 Å². The summed E-state index contributed by atoms with van der Waals surface area (Å²) in [7, 11) is 3.91. The minimum absolute atomic E-state index is 0.0175. The minimum atomic E-state index is -0.543. The number of nitrogens with zero attached hydrogens (tertiary/aromatic N) is 2. The molecule has 0 radical (unpaired) electrons. The van der Waals surface area contributed by atoms with Gasteiger partial charge < -0.3 is 10.2 Å². The maximum Gasteiger partial charge on any atom is 0.260 e. The lowest BCUT2D eigenvalue weighted by molar-refractivity contribution is -0.121. The van der Waals surface area contributed by atoms with E-state index in [1.807, 2.05) is 43.3 Å². The maximum absolute atomic E-state index is 12.9. The molecule has 0 aliphatic carbocycles. The number of hydrogen-bond acceptors (Lipinski definition) is 4. The van der Waals surface area contributed by atoms with Crippen LogP contribution in [0.5, 0.6) is 0 Å². The van der Waals surface area contributed by atoms with Crippen LogP contribution in [0.15, 0.2) is 53.5 Å². The summed E-state index contributed by atoms with van der Waals surface area (Å²) in [4.78, 5) is 30.3. The molecule has 1 heterocycles.